The first-order chi connectivity index (χ1) is 19.9. The number of hydrogen-bond acceptors (Lipinski definition) is 5. The van der Waals surface area contributed by atoms with E-state index < -0.39 is 20.1 Å². The van der Waals surface area contributed by atoms with Crippen LogP contribution in [-0.4, -0.2) is 74.2 Å². The van der Waals surface area contributed by atoms with E-state index in [1.165, 1.54) is 0 Å². The fraction of sp³-hybridized carbons (Fsp3) is 0.452. The van der Waals surface area contributed by atoms with Gasteiger partial charge in [-0.2, -0.15) is 0 Å². The molecule has 2 aliphatic heterocycles. The van der Waals surface area contributed by atoms with Gasteiger partial charge >= 0.3 is 18.0 Å². The van der Waals surface area contributed by atoms with Gasteiger partial charge in [0.05, 0.1) is 17.3 Å². The van der Waals surface area contributed by atoms with E-state index in [1.807, 2.05) is 35.2 Å². The highest BCUT2D eigenvalue weighted by atomic mass is 35.5. The van der Waals surface area contributed by atoms with Crippen molar-refractivity contribution in [3.63, 3.8) is 0 Å². The highest BCUT2D eigenvalue weighted by Gasteiger charge is 2.33. The number of carbonyl (C=O) groups is 3. The SMILES string of the molecule is CCOC(=O)C(Cc1cc(Cl)c(N)c(C#C[Si](C)(C)C)c1)NC(=O)N1CCC(N2CCc3ccccc3NC2=O)CC1. The number of esters is 1. The zero-order chi connectivity index (χ0) is 30.4. The summed E-state index contributed by atoms with van der Waals surface area (Å²) in [6.45, 7) is 9.88. The Morgan fingerprint density at radius 1 is 1.19 bits per heavy atom. The van der Waals surface area contributed by atoms with Gasteiger partial charge in [0.15, 0.2) is 0 Å². The van der Waals surface area contributed by atoms with Crippen molar-refractivity contribution in [3.8, 4) is 11.5 Å². The second-order valence-corrected chi connectivity index (χ2v) is 16.9. The Labute approximate surface area is 254 Å². The zero-order valence-electron chi connectivity index (χ0n) is 24.8. The fourth-order valence-corrected chi connectivity index (χ4v) is 5.93. The van der Waals surface area contributed by atoms with Gasteiger partial charge in [-0.15, -0.1) is 5.54 Å². The topological polar surface area (TPSA) is 117 Å². The van der Waals surface area contributed by atoms with Crippen LogP contribution in [0.2, 0.25) is 24.7 Å². The lowest BCUT2D eigenvalue weighted by atomic mass is 10.0. The van der Waals surface area contributed by atoms with Gasteiger partial charge in [-0.1, -0.05) is 55.4 Å². The van der Waals surface area contributed by atoms with Crippen LogP contribution in [0, 0.1) is 11.5 Å². The Morgan fingerprint density at radius 2 is 1.90 bits per heavy atom. The second-order valence-electron chi connectivity index (χ2n) is 11.7. The molecule has 2 aromatic rings. The minimum absolute atomic E-state index is 0.0248. The fourth-order valence-electron chi connectivity index (χ4n) is 5.18. The van der Waals surface area contributed by atoms with E-state index in [9.17, 15) is 14.4 Å². The molecule has 4 rings (SSSR count). The third-order valence-electron chi connectivity index (χ3n) is 7.40. The van der Waals surface area contributed by atoms with Crippen LogP contribution in [-0.2, 0) is 22.4 Å². The van der Waals surface area contributed by atoms with E-state index in [4.69, 9.17) is 22.1 Å². The predicted molar refractivity (Wildman–Crippen MR) is 169 cm³/mol. The molecule has 4 N–H and O–H groups in total. The number of nitrogens with two attached hydrogens (primary N) is 1. The van der Waals surface area contributed by atoms with Crippen LogP contribution >= 0.6 is 11.6 Å². The standard InChI is InChI=1S/C31H40ClN5O4Si/c1-5-41-29(38)27(20-21-18-23(13-17-42(2,3)4)28(33)25(32)19-21)35-30(39)36-14-11-24(12-15-36)37-16-10-22-8-6-7-9-26(22)34-31(37)40/h6-9,18-19,24,27H,5,10-12,14-16,20,33H2,1-4H3,(H,34,40)(H,35,39). The molecule has 1 fully saturated rings. The van der Waals surface area contributed by atoms with Gasteiger partial charge in [0.2, 0.25) is 0 Å². The molecule has 0 spiro atoms. The first-order valence-electron chi connectivity index (χ1n) is 14.4. The van der Waals surface area contributed by atoms with Gasteiger partial charge in [0.25, 0.3) is 0 Å². The van der Waals surface area contributed by atoms with Crippen molar-refractivity contribution in [1.82, 2.24) is 15.1 Å². The molecule has 1 saturated heterocycles. The van der Waals surface area contributed by atoms with Crippen molar-refractivity contribution in [3.05, 3.63) is 58.1 Å². The third kappa shape index (κ3) is 7.99. The number of rotatable bonds is 6. The van der Waals surface area contributed by atoms with E-state index in [2.05, 4.69) is 41.7 Å². The van der Waals surface area contributed by atoms with E-state index in [0.29, 0.717) is 48.7 Å². The van der Waals surface area contributed by atoms with Gasteiger partial charge < -0.3 is 30.9 Å². The number of nitrogens with zero attached hydrogens (tertiary/aromatic N) is 2. The van der Waals surface area contributed by atoms with E-state index >= 15 is 0 Å². The maximum Gasteiger partial charge on any atom is 0.329 e. The van der Waals surface area contributed by atoms with Gasteiger partial charge in [0.1, 0.15) is 14.1 Å². The number of nitrogen functional groups attached to an aromatic ring is 1. The molecule has 224 valence electrons. The van der Waals surface area contributed by atoms with E-state index in [1.54, 1.807) is 17.9 Å². The summed E-state index contributed by atoms with van der Waals surface area (Å²) in [6.07, 6.45) is 2.25. The molecule has 0 aromatic heterocycles. The van der Waals surface area contributed by atoms with Crippen LogP contribution in [0.25, 0.3) is 0 Å². The number of carbonyl (C=O) groups excluding carboxylic acids is 3. The summed E-state index contributed by atoms with van der Waals surface area (Å²) in [5, 5.41) is 6.24. The largest absolute Gasteiger partial charge is 0.464 e. The normalized spacial score (nSPS) is 16.4. The number of benzene rings is 2. The number of fused-ring (bicyclic) bond motifs is 1. The summed E-state index contributed by atoms with van der Waals surface area (Å²) in [4.78, 5) is 42.7. The molecule has 0 bridgehead atoms. The maximum absolute atomic E-state index is 13.3. The highest BCUT2D eigenvalue weighted by Crippen LogP contribution is 2.27. The van der Waals surface area contributed by atoms with Crippen LogP contribution in [0.4, 0.5) is 21.0 Å². The second kappa shape index (κ2) is 13.5. The number of nitrogens with one attached hydrogen (secondary N) is 2. The number of halogens is 1. The summed E-state index contributed by atoms with van der Waals surface area (Å²) < 4.78 is 5.28. The molecule has 1 unspecified atom stereocenters. The van der Waals surface area contributed by atoms with Crippen LogP contribution in [0.1, 0.15) is 36.5 Å². The van der Waals surface area contributed by atoms with Crippen LogP contribution in [0.3, 0.4) is 0 Å². The Balaban J connectivity index is 1.41. The zero-order valence-corrected chi connectivity index (χ0v) is 26.5. The van der Waals surface area contributed by atoms with Crippen molar-refractivity contribution in [1.29, 1.82) is 0 Å². The van der Waals surface area contributed by atoms with E-state index in [-0.39, 0.29) is 31.1 Å². The molecule has 4 amide bonds. The number of urea groups is 2. The summed E-state index contributed by atoms with van der Waals surface area (Å²) in [7, 11) is -1.66. The number of amides is 4. The molecule has 0 saturated carbocycles. The van der Waals surface area contributed by atoms with Gasteiger partial charge in [-0.3, -0.25) is 0 Å². The Hall–Kier alpha value is -3.68. The van der Waals surface area contributed by atoms with Crippen LogP contribution in [0.5, 0.6) is 0 Å². The first-order valence-corrected chi connectivity index (χ1v) is 18.3. The predicted octanol–water partition coefficient (Wildman–Crippen LogP) is 4.89. The molecular formula is C31H40ClN5O4Si. The third-order valence-corrected chi connectivity index (χ3v) is 8.59. The Morgan fingerprint density at radius 3 is 2.60 bits per heavy atom. The average Bonchev–Trinajstić information content (AvgIpc) is 3.11. The molecule has 0 aliphatic carbocycles. The molecule has 11 heteroatoms. The molecule has 0 radical (unpaired) electrons. The van der Waals surface area contributed by atoms with Gasteiger partial charge in [-0.05, 0) is 55.5 Å². The summed E-state index contributed by atoms with van der Waals surface area (Å²) in [5.41, 5.74) is 13.2. The van der Waals surface area contributed by atoms with Crippen LogP contribution < -0.4 is 16.4 Å². The minimum atomic E-state index is -1.66. The number of hydrogen-bond donors (Lipinski definition) is 3. The smallest absolute Gasteiger partial charge is 0.329 e. The van der Waals surface area contributed by atoms with Gasteiger partial charge in [-0.25, -0.2) is 14.4 Å². The molecule has 2 aromatic carbocycles. The lowest BCUT2D eigenvalue weighted by molar-refractivity contribution is -0.145. The summed E-state index contributed by atoms with van der Waals surface area (Å²) in [6, 6.07) is 10.0. The van der Waals surface area contributed by atoms with Crippen molar-refractivity contribution >= 4 is 49.1 Å². The lowest BCUT2D eigenvalue weighted by Crippen LogP contribution is -2.54. The lowest BCUT2D eigenvalue weighted by Gasteiger charge is -2.38. The molecule has 2 heterocycles. The van der Waals surface area contributed by atoms with Crippen molar-refractivity contribution in [2.75, 3.05) is 37.3 Å². The van der Waals surface area contributed by atoms with Gasteiger partial charge in [0, 0.05) is 43.3 Å². The van der Waals surface area contributed by atoms with Crippen molar-refractivity contribution < 1.29 is 19.1 Å². The molecule has 2 aliphatic rings. The van der Waals surface area contributed by atoms with Crippen LogP contribution in [0.15, 0.2) is 36.4 Å². The number of para-hydroxylation sites is 1. The summed E-state index contributed by atoms with van der Waals surface area (Å²) >= 11 is 6.42. The molecule has 42 heavy (non-hydrogen) atoms. The number of piperidine rings is 1. The number of ether oxygens (including phenoxy) is 1. The molecular weight excluding hydrogens is 570 g/mol. The molecule has 9 nitrogen and oxygen atoms in total. The van der Waals surface area contributed by atoms with E-state index in [0.717, 1.165) is 23.2 Å². The summed E-state index contributed by atoms with van der Waals surface area (Å²) in [5.74, 6) is 2.63. The number of likely N-dealkylation sites (tertiary alicyclic amines) is 1. The number of anilines is 2. The average molecular weight is 610 g/mol. The highest BCUT2D eigenvalue weighted by molar-refractivity contribution is 6.83. The maximum atomic E-state index is 13.3. The van der Waals surface area contributed by atoms with Crippen molar-refractivity contribution in [2.24, 2.45) is 0 Å². The molecule has 1 atom stereocenters. The Bertz CT molecular complexity index is 1390. The van der Waals surface area contributed by atoms with Crippen molar-refractivity contribution in [2.45, 2.75) is 64.3 Å². The minimum Gasteiger partial charge on any atom is -0.464 e. The first kappa shape index (κ1) is 31.3. The monoisotopic (exact) mass is 609 g/mol. The quantitative estimate of drug-likeness (QED) is 0.187. The Kier molecular flexibility index (Phi) is 10.1.